The lowest BCUT2D eigenvalue weighted by Crippen LogP contribution is -2.35. The van der Waals surface area contributed by atoms with Crippen molar-refractivity contribution in [2.24, 2.45) is 0 Å². The van der Waals surface area contributed by atoms with Crippen molar-refractivity contribution in [3.63, 3.8) is 0 Å². The highest BCUT2D eigenvalue weighted by molar-refractivity contribution is 8.00. The average molecular weight is 275 g/mol. The molecule has 2 N–H and O–H groups in total. The molecule has 0 aliphatic heterocycles. The van der Waals surface area contributed by atoms with Gasteiger partial charge in [0.25, 0.3) is 0 Å². The Hall–Kier alpha value is -1.16. The number of anilines is 1. The van der Waals surface area contributed by atoms with Crippen molar-refractivity contribution in [3.05, 3.63) is 24.3 Å². The Morgan fingerprint density at radius 1 is 1.26 bits per heavy atom. The van der Waals surface area contributed by atoms with Gasteiger partial charge in [-0.05, 0) is 31.2 Å². The standard InChI is InChI=1S/C15H21N3S/c1-19-15(9-5-2-6-10-15)11-16-14-17-12-7-3-4-8-13(12)18-14/h3-4,7-8H,2,5-6,9-11H2,1H3,(H2,16,17,18). The number of para-hydroxylation sites is 2. The minimum Gasteiger partial charge on any atom is -0.354 e. The molecule has 0 amide bonds. The van der Waals surface area contributed by atoms with Crippen LogP contribution in [0.5, 0.6) is 0 Å². The molecule has 0 unspecified atom stereocenters. The van der Waals surface area contributed by atoms with E-state index in [1.807, 2.05) is 30.0 Å². The summed E-state index contributed by atoms with van der Waals surface area (Å²) in [5.41, 5.74) is 2.14. The maximum absolute atomic E-state index is 4.59. The number of hydrogen-bond donors (Lipinski definition) is 2. The Morgan fingerprint density at radius 2 is 2.05 bits per heavy atom. The molecule has 19 heavy (non-hydrogen) atoms. The number of nitrogens with one attached hydrogen (secondary N) is 2. The van der Waals surface area contributed by atoms with E-state index in [9.17, 15) is 0 Å². The van der Waals surface area contributed by atoms with Crippen LogP contribution in [0.1, 0.15) is 32.1 Å². The molecule has 1 saturated carbocycles. The van der Waals surface area contributed by atoms with E-state index in [0.29, 0.717) is 4.75 Å². The lowest BCUT2D eigenvalue weighted by atomic mass is 9.88. The van der Waals surface area contributed by atoms with Crippen LogP contribution in [0, 0.1) is 0 Å². The molecule has 0 bridgehead atoms. The summed E-state index contributed by atoms with van der Waals surface area (Å²) in [6, 6.07) is 8.17. The van der Waals surface area contributed by atoms with Gasteiger partial charge in [-0.3, -0.25) is 0 Å². The van der Waals surface area contributed by atoms with Crippen molar-refractivity contribution in [2.75, 3.05) is 18.1 Å². The van der Waals surface area contributed by atoms with Gasteiger partial charge >= 0.3 is 0 Å². The van der Waals surface area contributed by atoms with Gasteiger partial charge in [0.1, 0.15) is 0 Å². The fourth-order valence-corrected chi connectivity index (χ4v) is 3.84. The summed E-state index contributed by atoms with van der Waals surface area (Å²) in [6.45, 7) is 1.01. The maximum atomic E-state index is 4.59. The van der Waals surface area contributed by atoms with E-state index in [-0.39, 0.29) is 0 Å². The zero-order valence-corrected chi connectivity index (χ0v) is 12.2. The highest BCUT2D eigenvalue weighted by atomic mass is 32.2. The van der Waals surface area contributed by atoms with Gasteiger partial charge in [0.15, 0.2) is 0 Å². The SMILES string of the molecule is CSC1(CNc2nc3ccccc3[nH]2)CCCCC1. The first-order chi connectivity index (χ1) is 9.31. The highest BCUT2D eigenvalue weighted by Gasteiger charge is 2.31. The second-order valence-corrected chi connectivity index (χ2v) is 6.68. The number of H-pyrrole nitrogens is 1. The Morgan fingerprint density at radius 3 is 2.79 bits per heavy atom. The number of benzene rings is 1. The number of thioether (sulfide) groups is 1. The molecule has 102 valence electrons. The van der Waals surface area contributed by atoms with E-state index in [0.717, 1.165) is 23.5 Å². The van der Waals surface area contributed by atoms with E-state index >= 15 is 0 Å². The molecule has 1 aromatic carbocycles. The van der Waals surface area contributed by atoms with Gasteiger partial charge in [0.05, 0.1) is 11.0 Å². The van der Waals surface area contributed by atoms with E-state index in [2.05, 4.69) is 27.6 Å². The van der Waals surface area contributed by atoms with Crippen LogP contribution in [-0.4, -0.2) is 27.5 Å². The van der Waals surface area contributed by atoms with Crippen LogP contribution < -0.4 is 5.32 Å². The van der Waals surface area contributed by atoms with Crippen LogP contribution in [0.25, 0.3) is 11.0 Å². The van der Waals surface area contributed by atoms with Crippen molar-refractivity contribution < 1.29 is 0 Å². The lowest BCUT2D eigenvalue weighted by molar-refractivity contribution is 0.411. The normalized spacial score (nSPS) is 18.6. The molecule has 2 aromatic rings. The van der Waals surface area contributed by atoms with Gasteiger partial charge in [0, 0.05) is 11.3 Å². The van der Waals surface area contributed by atoms with Crippen LogP contribution in [0.2, 0.25) is 0 Å². The molecule has 1 fully saturated rings. The number of nitrogens with zero attached hydrogens (tertiary/aromatic N) is 1. The third kappa shape index (κ3) is 2.73. The summed E-state index contributed by atoms with van der Waals surface area (Å²) < 4.78 is 0.400. The Kier molecular flexibility index (Phi) is 3.69. The molecule has 3 rings (SSSR count). The monoisotopic (exact) mass is 275 g/mol. The number of hydrogen-bond acceptors (Lipinski definition) is 3. The quantitative estimate of drug-likeness (QED) is 0.884. The molecule has 1 aromatic heterocycles. The number of aromatic nitrogens is 2. The topological polar surface area (TPSA) is 40.7 Å². The van der Waals surface area contributed by atoms with Gasteiger partial charge in [0.2, 0.25) is 5.95 Å². The fourth-order valence-electron chi connectivity index (χ4n) is 2.93. The molecule has 0 spiro atoms. The minimum absolute atomic E-state index is 0.400. The second kappa shape index (κ2) is 5.45. The third-order valence-corrected chi connectivity index (χ3v) is 5.58. The zero-order valence-electron chi connectivity index (χ0n) is 11.4. The molecule has 1 aliphatic rings. The molecule has 1 aliphatic carbocycles. The Bertz CT molecular complexity index is 510. The number of fused-ring (bicyclic) bond motifs is 1. The highest BCUT2D eigenvalue weighted by Crippen LogP contribution is 2.38. The maximum Gasteiger partial charge on any atom is 0.201 e. The first-order valence-electron chi connectivity index (χ1n) is 7.05. The summed E-state index contributed by atoms with van der Waals surface area (Å²) in [4.78, 5) is 7.93. The first kappa shape index (κ1) is 12.9. The van der Waals surface area contributed by atoms with Crippen LogP contribution in [0.3, 0.4) is 0 Å². The summed E-state index contributed by atoms with van der Waals surface area (Å²) in [6.07, 6.45) is 9.01. The van der Waals surface area contributed by atoms with Crippen LogP contribution in [0.4, 0.5) is 5.95 Å². The van der Waals surface area contributed by atoms with Crippen LogP contribution in [0.15, 0.2) is 24.3 Å². The number of rotatable bonds is 4. The van der Waals surface area contributed by atoms with Gasteiger partial charge in [-0.25, -0.2) is 4.98 Å². The largest absolute Gasteiger partial charge is 0.354 e. The summed E-state index contributed by atoms with van der Waals surface area (Å²) in [7, 11) is 0. The fraction of sp³-hybridized carbons (Fsp3) is 0.533. The van der Waals surface area contributed by atoms with Crippen molar-refractivity contribution >= 4 is 28.7 Å². The number of aromatic amines is 1. The van der Waals surface area contributed by atoms with Crippen molar-refractivity contribution in [1.82, 2.24) is 9.97 Å². The molecule has 1 heterocycles. The molecule has 0 atom stereocenters. The molecular weight excluding hydrogens is 254 g/mol. The second-order valence-electron chi connectivity index (χ2n) is 5.40. The average Bonchev–Trinajstić information content (AvgIpc) is 2.89. The van der Waals surface area contributed by atoms with Gasteiger partial charge in [-0.1, -0.05) is 31.4 Å². The van der Waals surface area contributed by atoms with E-state index in [1.165, 1.54) is 32.1 Å². The summed E-state index contributed by atoms with van der Waals surface area (Å²) in [5, 5.41) is 3.51. The van der Waals surface area contributed by atoms with Crippen molar-refractivity contribution in [3.8, 4) is 0 Å². The van der Waals surface area contributed by atoms with E-state index in [1.54, 1.807) is 0 Å². The summed E-state index contributed by atoms with van der Waals surface area (Å²) in [5.74, 6) is 0.903. The van der Waals surface area contributed by atoms with E-state index < -0.39 is 0 Å². The molecule has 0 radical (unpaired) electrons. The minimum atomic E-state index is 0.400. The molecule has 3 nitrogen and oxygen atoms in total. The summed E-state index contributed by atoms with van der Waals surface area (Å²) >= 11 is 2.02. The molecular formula is C15H21N3S. The number of imidazole rings is 1. The van der Waals surface area contributed by atoms with Crippen molar-refractivity contribution in [2.45, 2.75) is 36.9 Å². The Labute approximate surface area is 118 Å². The van der Waals surface area contributed by atoms with Crippen LogP contribution >= 0.6 is 11.8 Å². The Balaban J connectivity index is 1.70. The predicted octanol–water partition coefficient (Wildman–Crippen LogP) is 4.04. The molecule has 4 heteroatoms. The van der Waals surface area contributed by atoms with Gasteiger partial charge in [-0.15, -0.1) is 0 Å². The first-order valence-corrected chi connectivity index (χ1v) is 8.28. The predicted molar refractivity (Wildman–Crippen MR) is 83.9 cm³/mol. The third-order valence-electron chi connectivity index (χ3n) is 4.17. The van der Waals surface area contributed by atoms with Gasteiger partial charge < -0.3 is 10.3 Å². The van der Waals surface area contributed by atoms with E-state index in [4.69, 9.17) is 0 Å². The van der Waals surface area contributed by atoms with Gasteiger partial charge in [-0.2, -0.15) is 11.8 Å². The lowest BCUT2D eigenvalue weighted by Gasteiger charge is -2.35. The van der Waals surface area contributed by atoms with Crippen LogP contribution in [-0.2, 0) is 0 Å². The molecule has 0 saturated heterocycles. The zero-order chi connectivity index (χ0) is 13.1. The van der Waals surface area contributed by atoms with Crippen molar-refractivity contribution in [1.29, 1.82) is 0 Å². The smallest absolute Gasteiger partial charge is 0.201 e.